The number of benzene rings is 2. The number of hydrogen-bond acceptors (Lipinski definition) is 3. The first-order valence-electron chi connectivity index (χ1n) is 9.23. The predicted molar refractivity (Wildman–Crippen MR) is 107 cm³/mol. The largest absolute Gasteiger partial charge is 0.355 e. The molecule has 1 heterocycles. The summed E-state index contributed by atoms with van der Waals surface area (Å²) in [6.07, 6.45) is 4.34. The van der Waals surface area contributed by atoms with Crippen LogP contribution >= 0.6 is 0 Å². The van der Waals surface area contributed by atoms with Gasteiger partial charge in [0.05, 0.1) is 0 Å². The SMILES string of the molecule is CNC(=O)c1ccc(C=CC(=O)NCCN2CCc3ccccc3C2)cc1. The van der Waals surface area contributed by atoms with Gasteiger partial charge in [0.2, 0.25) is 5.91 Å². The van der Waals surface area contributed by atoms with E-state index in [1.165, 1.54) is 17.2 Å². The third-order valence-electron chi connectivity index (χ3n) is 4.76. The third-order valence-corrected chi connectivity index (χ3v) is 4.76. The van der Waals surface area contributed by atoms with Crippen molar-refractivity contribution in [1.82, 2.24) is 15.5 Å². The quantitative estimate of drug-likeness (QED) is 0.774. The van der Waals surface area contributed by atoms with E-state index in [1.807, 2.05) is 12.1 Å². The molecule has 0 saturated heterocycles. The van der Waals surface area contributed by atoms with E-state index in [9.17, 15) is 9.59 Å². The van der Waals surface area contributed by atoms with Gasteiger partial charge in [0.25, 0.3) is 5.91 Å². The summed E-state index contributed by atoms with van der Waals surface area (Å²) in [5, 5.41) is 5.51. The van der Waals surface area contributed by atoms with Crippen molar-refractivity contribution >= 4 is 17.9 Å². The lowest BCUT2D eigenvalue weighted by Crippen LogP contribution is -2.37. The second kappa shape index (κ2) is 9.14. The Labute approximate surface area is 160 Å². The molecule has 0 atom stereocenters. The molecular weight excluding hydrogens is 338 g/mol. The van der Waals surface area contributed by atoms with Crippen LogP contribution in [0.4, 0.5) is 0 Å². The summed E-state index contributed by atoms with van der Waals surface area (Å²) in [4.78, 5) is 25.9. The van der Waals surface area contributed by atoms with Crippen molar-refractivity contribution in [3.8, 4) is 0 Å². The lowest BCUT2D eigenvalue weighted by atomic mass is 10.00. The number of nitrogens with zero attached hydrogens (tertiary/aromatic N) is 1. The van der Waals surface area contributed by atoms with Crippen molar-refractivity contribution < 1.29 is 9.59 Å². The highest BCUT2D eigenvalue weighted by atomic mass is 16.2. The van der Waals surface area contributed by atoms with E-state index in [2.05, 4.69) is 39.8 Å². The summed E-state index contributed by atoms with van der Waals surface area (Å²) >= 11 is 0. The normalized spacial score (nSPS) is 14.0. The van der Waals surface area contributed by atoms with Crippen LogP contribution in [0.15, 0.2) is 54.6 Å². The fourth-order valence-electron chi connectivity index (χ4n) is 3.20. The molecule has 140 valence electrons. The van der Waals surface area contributed by atoms with Crippen LogP contribution in [0.5, 0.6) is 0 Å². The molecule has 0 unspecified atom stereocenters. The molecule has 27 heavy (non-hydrogen) atoms. The Morgan fingerprint density at radius 3 is 2.56 bits per heavy atom. The van der Waals surface area contributed by atoms with Crippen LogP contribution in [0.25, 0.3) is 6.08 Å². The Hall–Kier alpha value is -2.92. The second-order valence-corrected chi connectivity index (χ2v) is 6.62. The first-order chi connectivity index (χ1) is 13.2. The molecule has 2 aromatic rings. The van der Waals surface area contributed by atoms with Gasteiger partial charge >= 0.3 is 0 Å². The average Bonchev–Trinajstić information content (AvgIpc) is 2.72. The van der Waals surface area contributed by atoms with Crippen molar-refractivity contribution in [3.05, 3.63) is 76.9 Å². The van der Waals surface area contributed by atoms with Crippen LogP contribution in [0, 0.1) is 0 Å². The Morgan fingerprint density at radius 2 is 1.81 bits per heavy atom. The van der Waals surface area contributed by atoms with Crippen molar-refractivity contribution in [3.63, 3.8) is 0 Å². The van der Waals surface area contributed by atoms with E-state index in [1.54, 1.807) is 25.3 Å². The first kappa shape index (κ1) is 18.9. The molecule has 0 fully saturated rings. The highest BCUT2D eigenvalue weighted by Gasteiger charge is 2.14. The summed E-state index contributed by atoms with van der Waals surface area (Å²) in [6, 6.07) is 15.7. The molecule has 0 bridgehead atoms. The molecule has 3 rings (SSSR count). The van der Waals surface area contributed by atoms with E-state index >= 15 is 0 Å². The fraction of sp³-hybridized carbons (Fsp3) is 0.273. The Bertz CT molecular complexity index is 828. The van der Waals surface area contributed by atoms with Gasteiger partial charge in [0.15, 0.2) is 0 Å². The maximum atomic E-state index is 12.0. The zero-order chi connectivity index (χ0) is 19.1. The number of fused-ring (bicyclic) bond motifs is 1. The van der Waals surface area contributed by atoms with Crippen LogP contribution in [0.2, 0.25) is 0 Å². The van der Waals surface area contributed by atoms with Gasteiger partial charge in [-0.25, -0.2) is 0 Å². The fourth-order valence-corrected chi connectivity index (χ4v) is 3.20. The van der Waals surface area contributed by atoms with Gasteiger partial charge in [-0.3, -0.25) is 14.5 Å². The molecule has 0 radical (unpaired) electrons. The smallest absolute Gasteiger partial charge is 0.251 e. The third kappa shape index (κ3) is 5.28. The summed E-state index contributed by atoms with van der Waals surface area (Å²) in [7, 11) is 1.60. The van der Waals surface area contributed by atoms with Gasteiger partial charge in [0.1, 0.15) is 0 Å². The molecule has 0 saturated carbocycles. The van der Waals surface area contributed by atoms with E-state index < -0.39 is 0 Å². The van der Waals surface area contributed by atoms with E-state index in [-0.39, 0.29) is 11.8 Å². The van der Waals surface area contributed by atoms with Crippen LogP contribution < -0.4 is 10.6 Å². The van der Waals surface area contributed by atoms with E-state index in [0.717, 1.165) is 31.6 Å². The number of amides is 2. The number of carbonyl (C=O) groups excluding carboxylic acids is 2. The van der Waals surface area contributed by atoms with Crippen LogP contribution in [0.3, 0.4) is 0 Å². The molecule has 0 aromatic heterocycles. The number of rotatable bonds is 6. The molecule has 5 heteroatoms. The average molecular weight is 363 g/mol. The Morgan fingerprint density at radius 1 is 1.07 bits per heavy atom. The molecule has 0 spiro atoms. The maximum absolute atomic E-state index is 12.0. The van der Waals surface area contributed by atoms with Gasteiger partial charge in [0, 0.05) is 44.9 Å². The van der Waals surface area contributed by atoms with Gasteiger partial charge in [-0.15, -0.1) is 0 Å². The minimum absolute atomic E-state index is 0.109. The second-order valence-electron chi connectivity index (χ2n) is 6.62. The maximum Gasteiger partial charge on any atom is 0.251 e. The number of nitrogens with one attached hydrogen (secondary N) is 2. The van der Waals surface area contributed by atoms with E-state index in [4.69, 9.17) is 0 Å². The van der Waals surface area contributed by atoms with Gasteiger partial charge in [-0.1, -0.05) is 36.4 Å². The van der Waals surface area contributed by atoms with Crippen molar-refractivity contribution in [2.45, 2.75) is 13.0 Å². The molecule has 0 aliphatic carbocycles. The highest BCUT2D eigenvalue weighted by molar-refractivity contribution is 5.94. The highest BCUT2D eigenvalue weighted by Crippen LogP contribution is 2.17. The van der Waals surface area contributed by atoms with Gasteiger partial charge < -0.3 is 10.6 Å². The molecule has 2 aromatic carbocycles. The minimum atomic E-state index is -0.122. The first-order valence-corrected chi connectivity index (χ1v) is 9.23. The number of hydrogen-bond donors (Lipinski definition) is 2. The molecule has 5 nitrogen and oxygen atoms in total. The topological polar surface area (TPSA) is 61.4 Å². The Kier molecular flexibility index (Phi) is 6.39. The monoisotopic (exact) mass is 363 g/mol. The standard InChI is InChI=1S/C22H25N3O2/c1-23-22(27)19-9-6-17(7-10-19)8-11-21(26)24-13-15-25-14-12-18-4-2-3-5-20(18)16-25/h2-11H,12-16H2,1H3,(H,23,27)(H,24,26). The number of carbonyl (C=O) groups is 2. The van der Waals surface area contributed by atoms with Crippen molar-refractivity contribution in [1.29, 1.82) is 0 Å². The minimum Gasteiger partial charge on any atom is -0.355 e. The molecule has 2 amide bonds. The molecular formula is C22H25N3O2. The van der Waals surface area contributed by atoms with Gasteiger partial charge in [-0.2, -0.15) is 0 Å². The zero-order valence-electron chi connectivity index (χ0n) is 15.6. The predicted octanol–water partition coefficient (Wildman–Crippen LogP) is 2.23. The van der Waals surface area contributed by atoms with Crippen LogP contribution in [-0.4, -0.2) is 43.4 Å². The summed E-state index contributed by atoms with van der Waals surface area (Å²) in [5.74, 6) is -0.230. The van der Waals surface area contributed by atoms with Crippen LogP contribution in [0.1, 0.15) is 27.0 Å². The summed E-state index contributed by atoms with van der Waals surface area (Å²) in [6.45, 7) is 3.44. The molecule has 1 aliphatic heterocycles. The van der Waals surface area contributed by atoms with Crippen LogP contribution in [-0.2, 0) is 17.8 Å². The summed E-state index contributed by atoms with van der Waals surface area (Å²) < 4.78 is 0. The van der Waals surface area contributed by atoms with Crippen molar-refractivity contribution in [2.24, 2.45) is 0 Å². The molecule has 1 aliphatic rings. The zero-order valence-corrected chi connectivity index (χ0v) is 15.6. The summed E-state index contributed by atoms with van der Waals surface area (Å²) in [5.41, 5.74) is 4.30. The lowest BCUT2D eigenvalue weighted by molar-refractivity contribution is -0.116. The molecule has 2 N–H and O–H groups in total. The lowest BCUT2D eigenvalue weighted by Gasteiger charge is -2.28. The van der Waals surface area contributed by atoms with Crippen molar-refractivity contribution in [2.75, 3.05) is 26.7 Å². The van der Waals surface area contributed by atoms with E-state index in [0.29, 0.717) is 12.1 Å². The Balaban J connectivity index is 1.42. The van der Waals surface area contributed by atoms with Gasteiger partial charge in [-0.05, 0) is 41.3 Å².